The van der Waals surface area contributed by atoms with Gasteiger partial charge in [0.25, 0.3) is 0 Å². The molecule has 1 fully saturated rings. The number of hydrogen-bond acceptors (Lipinski definition) is 2. The topological polar surface area (TPSA) is 29.3 Å². The maximum Gasteiger partial charge on any atom is 0.0337 e. The Bertz CT molecular complexity index is 122. The summed E-state index contributed by atoms with van der Waals surface area (Å²) in [5.74, 6) is 5.89. The summed E-state index contributed by atoms with van der Waals surface area (Å²) in [4.78, 5) is 0. The summed E-state index contributed by atoms with van der Waals surface area (Å²) in [6.45, 7) is 3.17. The Kier molecular flexibility index (Phi) is 4.33. The van der Waals surface area contributed by atoms with Gasteiger partial charge in [0, 0.05) is 18.0 Å². The van der Waals surface area contributed by atoms with E-state index in [0.717, 1.165) is 25.8 Å². The molecule has 0 bridgehead atoms. The van der Waals surface area contributed by atoms with Gasteiger partial charge >= 0.3 is 0 Å². The zero-order valence-corrected chi connectivity index (χ0v) is 8.56. The molecule has 0 aliphatic heterocycles. The molecule has 1 rings (SSSR count). The first-order chi connectivity index (χ1) is 5.74. The summed E-state index contributed by atoms with van der Waals surface area (Å²) in [5.41, 5.74) is 0. The monoisotopic (exact) mass is 190 g/mol. The number of hydrogen-bond donors (Lipinski definition) is 1. The second-order valence-corrected chi connectivity index (χ2v) is 4.26. The summed E-state index contributed by atoms with van der Waals surface area (Å²) in [6.07, 6.45) is 5.74. The minimum absolute atomic E-state index is 0.399. The van der Waals surface area contributed by atoms with Gasteiger partial charge < -0.3 is 0 Å². The van der Waals surface area contributed by atoms with E-state index in [2.05, 4.69) is 6.92 Å². The fraction of sp³-hybridized carbons (Fsp3) is 1.00. The SMILES string of the molecule is CCCN(N)C1CCC(Cl)CC1. The van der Waals surface area contributed by atoms with Crippen LogP contribution in [0.2, 0.25) is 0 Å². The first-order valence-corrected chi connectivity index (χ1v) is 5.33. The van der Waals surface area contributed by atoms with E-state index in [1.807, 2.05) is 5.01 Å². The van der Waals surface area contributed by atoms with Crippen LogP contribution in [-0.4, -0.2) is 23.0 Å². The lowest BCUT2D eigenvalue weighted by molar-refractivity contribution is 0.160. The Hall–Kier alpha value is 0.210. The summed E-state index contributed by atoms with van der Waals surface area (Å²) >= 11 is 6.00. The average Bonchev–Trinajstić information content (AvgIpc) is 2.06. The molecule has 0 amide bonds. The van der Waals surface area contributed by atoms with E-state index in [0.29, 0.717) is 11.4 Å². The molecule has 0 aromatic heterocycles. The van der Waals surface area contributed by atoms with Gasteiger partial charge in [-0.2, -0.15) is 0 Å². The molecule has 0 unspecified atom stereocenters. The average molecular weight is 191 g/mol. The molecule has 72 valence electrons. The van der Waals surface area contributed by atoms with E-state index < -0.39 is 0 Å². The smallest absolute Gasteiger partial charge is 0.0337 e. The summed E-state index contributed by atoms with van der Waals surface area (Å²) in [6, 6.07) is 0.583. The van der Waals surface area contributed by atoms with Crippen LogP contribution in [0.1, 0.15) is 39.0 Å². The quantitative estimate of drug-likeness (QED) is 0.420. The molecule has 0 aromatic rings. The van der Waals surface area contributed by atoms with Crippen molar-refractivity contribution in [3.8, 4) is 0 Å². The largest absolute Gasteiger partial charge is 0.269 e. The van der Waals surface area contributed by atoms with Crippen molar-refractivity contribution in [2.24, 2.45) is 5.84 Å². The lowest BCUT2D eigenvalue weighted by atomic mass is 9.94. The van der Waals surface area contributed by atoms with Crippen LogP contribution < -0.4 is 5.84 Å². The highest BCUT2D eigenvalue weighted by atomic mass is 35.5. The van der Waals surface area contributed by atoms with Crippen molar-refractivity contribution in [1.29, 1.82) is 0 Å². The highest BCUT2D eigenvalue weighted by Gasteiger charge is 2.22. The molecule has 0 heterocycles. The molecular weight excluding hydrogens is 172 g/mol. The molecule has 1 aliphatic carbocycles. The molecule has 0 saturated heterocycles. The van der Waals surface area contributed by atoms with E-state index in [1.54, 1.807) is 0 Å². The van der Waals surface area contributed by atoms with Crippen LogP contribution in [0.3, 0.4) is 0 Å². The van der Waals surface area contributed by atoms with Crippen LogP contribution in [0.4, 0.5) is 0 Å². The number of hydrazine groups is 1. The van der Waals surface area contributed by atoms with Crippen molar-refractivity contribution >= 4 is 11.6 Å². The standard InChI is InChI=1S/C9H19ClN2/c1-2-7-12(11)9-5-3-8(10)4-6-9/h8-9H,2-7,11H2,1H3. The second kappa shape index (κ2) is 5.05. The Morgan fingerprint density at radius 2 is 1.92 bits per heavy atom. The van der Waals surface area contributed by atoms with Gasteiger partial charge in [0.1, 0.15) is 0 Å². The van der Waals surface area contributed by atoms with Crippen molar-refractivity contribution in [2.75, 3.05) is 6.54 Å². The number of nitrogens with zero attached hydrogens (tertiary/aromatic N) is 1. The van der Waals surface area contributed by atoms with Crippen LogP contribution in [-0.2, 0) is 0 Å². The molecule has 0 aromatic carbocycles. The lowest BCUT2D eigenvalue weighted by Crippen LogP contribution is -2.43. The van der Waals surface area contributed by atoms with Crippen LogP contribution in [0.25, 0.3) is 0 Å². The fourth-order valence-electron chi connectivity index (χ4n) is 1.81. The second-order valence-electron chi connectivity index (χ2n) is 3.64. The van der Waals surface area contributed by atoms with Crippen molar-refractivity contribution in [3.05, 3.63) is 0 Å². The van der Waals surface area contributed by atoms with E-state index in [-0.39, 0.29) is 0 Å². The van der Waals surface area contributed by atoms with Gasteiger partial charge in [-0.3, -0.25) is 5.84 Å². The van der Waals surface area contributed by atoms with Gasteiger partial charge in [-0.05, 0) is 32.1 Å². The normalized spacial score (nSPS) is 31.0. The molecule has 0 spiro atoms. The van der Waals surface area contributed by atoms with E-state index in [9.17, 15) is 0 Å². The summed E-state index contributed by atoms with van der Waals surface area (Å²) < 4.78 is 0. The minimum Gasteiger partial charge on any atom is -0.269 e. The zero-order chi connectivity index (χ0) is 8.97. The highest BCUT2D eigenvalue weighted by molar-refractivity contribution is 6.20. The predicted molar refractivity (Wildman–Crippen MR) is 53.1 cm³/mol. The fourth-order valence-corrected chi connectivity index (χ4v) is 2.06. The van der Waals surface area contributed by atoms with E-state index >= 15 is 0 Å². The predicted octanol–water partition coefficient (Wildman–Crippen LogP) is 2.12. The Labute approximate surface area is 80.0 Å². The highest BCUT2D eigenvalue weighted by Crippen LogP contribution is 2.25. The zero-order valence-electron chi connectivity index (χ0n) is 7.80. The molecular formula is C9H19ClN2. The van der Waals surface area contributed by atoms with Gasteiger partial charge in [-0.25, -0.2) is 5.01 Å². The van der Waals surface area contributed by atoms with Gasteiger partial charge in [0.15, 0.2) is 0 Å². The summed E-state index contributed by atoms with van der Waals surface area (Å²) in [5, 5.41) is 2.39. The lowest BCUT2D eigenvalue weighted by Gasteiger charge is -2.32. The molecule has 2 nitrogen and oxygen atoms in total. The maximum atomic E-state index is 6.00. The van der Waals surface area contributed by atoms with Crippen molar-refractivity contribution in [3.63, 3.8) is 0 Å². The molecule has 0 atom stereocenters. The number of nitrogens with two attached hydrogens (primary N) is 1. The third-order valence-electron chi connectivity index (χ3n) is 2.58. The van der Waals surface area contributed by atoms with Crippen LogP contribution >= 0.6 is 11.6 Å². The van der Waals surface area contributed by atoms with Gasteiger partial charge in [0.05, 0.1) is 0 Å². The Morgan fingerprint density at radius 1 is 1.33 bits per heavy atom. The van der Waals surface area contributed by atoms with E-state index in [1.165, 1.54) is 12.8 Å². The first-order valence-electron chi connectivity index (χ1n) is 4.89. The molecule has 3 heteroatoms. The van der Waals surface area contributed by atoms with Crippen molar-refractivity contribution in [1.82, 2.24) is 5.01 Å². The maximum absolute atomic E-state index is 6.00. The molecule has 12 heavy (non-hydrogen) atoms. The van der Waals surface area contributed by atoms with Gasteiger partial charge in [-0.1, -0.05) is 6.92 Å². The molecule has 1 aliphatic rings. The number of alkyl halides is 1. The number of halogens is 1. The Morgan fingerprint density at radius 3 is 2.42 bits per heavy atom. The number of rotatable bonds is 3. The van der Waals surface area contributed by atoms with E-state index in [4.69, 9.17) is 17.4 Å². The van der Waals surface area contributed by atoms with Gasteiger partial charge in [-0.15, -0.1) is 11.6 Å². The van der Waals surface area contributed by atoms with Crippen molar-refractivity contribution < 1.29 is 0 Å². The third kappa shape index (κ3) is 2.92. The van der Waals surface area contributed by atoms with Crippen LogP contribution in [0.5, 0.6) is 0 Å². The Balaban J connectivity index is 2.24. The van der Waals surface area contributed by atoms with Crippen molar-refractivity contribution in [2.45, 2.75) is 50.4 Å². The third-order valence-corrected chi connectivity index (χ3v) is 3.01. The molecule has 0 radical (unpaired) electrons. The van der Waals surface area contributed by atoms with Gasteiger partial charge in [0.2, 0.25) is 0 Å². The van der Waals surface area contributed by atoms with Crippen LogP contribution in [0.15, 0.2) is 0 Å². The first kappa shape index (κ1) is 10.3. The minimum atomic E-state index is 0.399. The molecule has 1 saturated carbocycles. The summed E-state index contributed by atoms with van der Waals surface area (Å²) in [7, 11) is 0. The molecule has 2 N–H and O–H groups in total. The van der Waals surface area contributed by atoms with Crippen LogP contribution in [0, 0.1) is 0 Å².